The molecule has 1 saturated carbocycles. The highest BCUT2D eigenvalue weighted by molar-refractivity contribution is 7.99. The normalized spacial score (nSPS) is 18.3. The van der Waals surface area contributed by atoms with Crippen molar-refractivity contribution in [3.63, 3.8) is 0 Å². The van der Waals surface area contributed by atoms with Gasteiger partial charge in [-0.25, -0.2) is 9.98 Å². The second kappa shape index (κ2) is 7.70. The molecule has 2 aliphatic rings. The van der Waals surface area contributed by atoms with Crippen LogP contribution < -0.4 is 16.4 Å². The van der Waals surface area contributed by atoms with Gasteiger partial charge in [0.05, 0.1) is 4.92 Å². The van der Waals surface area contributed by atoms with Gasteiger partial charge in [0, 0.05) is 22.8 Å². The van der Waals surface area contributed by atoms with E-state index in [0.717, 1.165) is 42.7 Å². The molecule has 0 saturated heterocycles. The molecule has 150 valence electrons. The van der Waals surface area contributed by atoms with Gasteiger partial charge in [0.15, 0.2) is 5.03 Å². The molecule has 2 heterocycles. The number of nitro groups is 1. The fourth-order valence-electron chi connectivity index (χ4n) is 3.89. The summed E-state index contributed by atoms with van der Waals surface area (Å²) in [6.45, 7) is 0. The number of anilines is 1. The molecule has 1 fully saturated rings. The van der Waals surface area contributed by atoms with E-state index in [1.807, 2.05) is 29.2 Å². The van der Waals surface area contributed by atoms with E-state index in [0.29, 0.717) is 11.0 Å². The summed E-state index contributed by atoms with van der Waals surface area (Å²) in [5.41, 5.74) is 12.5. The molecule has 1 spiro atoms. The average molecular weight is 411 g/mol. The summed E-state index contributed by atoms with van der Waals surface area (Å²) in [6, 6.07) is 10.6. The van der Waals surface area contributed by atoms with Crippen LogP contribution in [0.3, 0.4) is 0 Å². The van der Waals surface area contributed by atoms with E-state index in [1.165, 1.54) is 17.8 Å². The number of aliphatic imine (C=N–C) groups is 2. The molecule has 29 heavy (non-hydrogen) atoms. The molecule has 0 bridgehead atoms. The Morgan fingerprint density at radius 3 is 2.69 bits per heavy atom. The van der Waals surface area contributed by atoms with Crippen LogP contribution in [-0.4, -0.2) is 27.5 Å². The van der Waals surface area contributed by atoms with Crippen molar-refractivity contribution in [2.45, 2.75) is 47.7 Å². The first kappa shape index (κ1) is 19.2. The lowest BCUT2D eigenvalue weighted by molar-refractivity contribution is -0.388. The Labute approximate surface area is 172 Å². The molecule has 0 atom stereocenters. The van der Waals surface area contributed by atoms with Crippen LogP contribution in [0.5, 0.6) is 0 Å². The first-order valence-corrected chi connectivity index (χ1v) is 10.2. The van der Waals surface area contributed by atoms with Crippen LogP contribution in [-0.2, 0) is 0 Å². The zero-order valence-electron chi connectivity index (χ0n) is 15.7. The maximum absolute atomic E-state index is 11.3. The Morgan fingerprint density at radius 1 is 1.14 bits per heavy atom. The maximum atomic E-state index is 11.3. The first-order chi connectivity index (χ1) is 14.0. The quantitative estimate of drug-likeness (QED) is 0.582. The molecule has 2 aromatic rings. The van der Waals surface area contributed by atoms with E-state index in [1.54, 1.807) is 12.3 Å². The van der Waals surface area contributed by atoms with E-state index in [4.69, 9.17) is 11.5 Å². The lowest BCUT2D eigenvalue weighted by Crippen LogP contribution is -2.58. The standard InChI is InChI=1S/C19H21N7O2S/c20-17-23-18(21)25(19(24-17)9-2-1-3-10-19)13-6-4-7-14(12-13)29-16-15(26(27)28)8-5-11-22-16/h4-8,11-12H,1-3,9-10H2,(H4,20,21,23,24). The number of nitrogens with zero attached hydrogens (tertiary/aromatic N) is 5. The average Bonchev–Trinajstić information content (AvgIpc) is 2.68. The van der Waals surface area contributed by atoms with Crippen LogP contribution >= 0.6 is 11.8 Å². The van der Waals surface area contributed by atoms with Crippen molar-refractivity contribution >= 4 is 35.1 Å². The van der Waals surface area contributed by atoms with E-state index >= 15 is 0 Å². The van der Waals surface area contributed by atoms with Gasteiger partial charge >= 0.3 is 5.69 Å². The minimum Gasteiger partial charge on any atom is -0.369 e. The van der Waals surface area contributed by atoms with E-state index in [2.05, 4.69) is 15.0 Å². The Bertz CT molecular complexity index is 1000. The van der Waals surface area contributed by atoms with Gasteiger partial charge in [0.2, 0.25) is 11.9 Å². The summed E-state index contributed by atoms with van der Waals surface area (Å²) in [6.07, 6.45) is 6.45. The van der Waals surface area contributed by atoms with Crippen molar-refractivity contribution in [3.05, 3.63) is 52.7 Å². The van der Waals surface area contributed by atoms with E-state index < -0.39 is 10.6 Å². The minimum absolute atomic E-state index is 0.0249. The monoisotopic (exact) mass is 411 g/mol. The Balaban J connectivity index is 1.70. The summed E-state index contributed by atoms with van der Waals surface area (Å²) in [4.78, 5) is 26.6. The fraction of sp³-hybridized carbons (Fsp3) is 0.316. The molecule has 1 aromatic heterocycles. The van der Waals surface area contributed by atoms with Gasteiger partial charge in [0.1, 0.15) is 5.66 Å². The van der Waals surface area contributed by atoms with Crippen LogP contribution in [0.4, 0.5) is 11.4 Å². The SMILES string of the molecule is NC1=NC2(CCCCC2)N(c2cccc(Sc3ncccc3[N+](=O)[O-])c2)C(N)=N1. The molecule has 1 aromatic carbocycles. The molecule has 10 heteroatoms. The first-order valence-electron chi connectivity index (χ1n) is 9.36. The van der Waals surface area contributed by atoms with Gasteiger partial charge in [-0.1, -0.05) is 24.2 Å². The summed E-state index contributed by atoms with van der Waals surface area (Å²) >= 11 is 1.24. The van der Waals surface area contributed by atoms with Crippen LogP contribution in [0.2, 0.25) is 0 Å². The van der Waals surface area contributed by atoms with Gasteiger partial charge in [-0.3, -0.25) is 15.0 Å². The number of rotatable bonds is 4. The van der Waals surface area contributed by atoms with Gasteiger partial charge in [-0.15, -0.1) is 0 Å². The lowest BCUT2D eigenvalue weighted by atomic mass is 9.87. The Kier molecular flexibility index (Phi) is 5.10. The molecule has 1 aliphatic heterocycles. The number of nitrogens with two attached hydrogens (primary N) is 2. The lowest BCUT2D eigenvalue weighted by Gasteiger charge is -2.45. The largest absolute Gasteiger partial charge is 0.369 e. The number of hydrogen-bond donors (Lipinski definition) is 2. The third-order valence-electron chi connectivity index (χ3n) is 5.09. The van der Waals surface area contributed by atoms with Crippen molar-refractivity contribution < 1.29 is 4.92 Å². The molecule has 9 nitrogen and oxygen atoms in total. The molecule has 1 aliphatic carbocycles. The van der Waals surface area contributed by atoms with E-state index in [-0.39, 0.29) is 11.6 Å². The number of pyridine rings is 1. The van der Waals surface area contributed by atoms with Gasteiger partial charge in [-0.2, -0.15) is 4.99 Å². The number of benzene rings is 1. The van der Waals surface area contributed by atoms with Crippen molar-refractivity contribution in [2.75, 3.05) is 4.90 Å². The second-order valence-electron chi connectivity index (χ2n) is 7.00. The highest BCUT2D eigenvalue weighted by Gasteiger charge is 2.42. The fourth-order valence-corrected chi connectivity index (χ4v) is 4.80. The zero-order chi connectivity index (χ0) is 20.4. The third-order valence-corrected chi connectivity index (χ3v) is 6.09. The highest BCUT2D eigenvalue weighted by Crippen LogP contribution is 2.41. The summed E-state index contributed by atoms with van der Waals surface area (Å²) in [5.74, 6) is 0.514. The minimum atomic E-state index is -0.533. The van der Waals surface area contributed by atoms with Crippen LogP contribution in [0.1, 0.15) is 32.1 Å². The predicted molar refractivity (Wildman–Crippen MR) is 113 cm³/mol. The zero-order valence-corrected chi connectivity index (χ0v) is 16.5. The second-order valence-corrected chi connectivity index (χ2v) is 8.06. The molecule has 0 amide bonds. The summed E-state index contributed by atoms with van der Waals surface area (Å²) in [5, 5.41) is 11.6. The third kappa shape index (κ3) is 3.75. The van der Waals surface area contributed by atoms with Gasteiger partial charge in [-0.05, 0) is 49.9 Å². The predicted octanol–water partition coefficient (Wildman–Crippen LogP) is 3.25. The van der Waals surface area contributed by atoms with Crippen molar-refractivity contribution in [1.82, 2.24) is 4.98 Å². The topological polar surface area (TPSA) is 136 Å². The maximum Gasteiger partial charge on any atom is 0.301 e. The Hall–Kier alpha value is -3.14. The van der Waals surface area contributed by atoms with Crippen LogP contribution in [0.15, 0.2) is 62.5 Å². The smallest absolute Gasteiger partial charge is 0.301 e. The van der Waals surface area contributed by atoms with Gasteiger partial charge in [0.25, 0.3) is 0 Å². The Morgan fingerprint density at radius 2 is 1.93 bits per heavy atom. The summed E-state index contributed by atoms with van der Waals surface area (Å²) < 4.78 is 0. The van der Waals surface area contributed by atoms with Crippen molar-refractivity contribution in [3.8, 4) is 0 Å². The van der Waals surface area contributed by atoms with Crippen molar-refractivity contribution in [1.29, 1.82) is 0 Å². The molecule has 4 N–H and O–H groups in total. The highest BCUT2D eigenvalue weighted by atomic mass is 32.2. The number of hydrogen-bond acceptors (Lipinski definition) is 9. The molecule has 0 unspecified atom stereocenters. The number of guanidine groups is 2. The van der Waals surface area contributed by atoms with Gasteiger partial charge < -0.3 is 11.5 Å². The molecular weight excluding hydrogens is 390 g/mol. The van der Waals surface area contributed by atoms with E-state index in [9.17, 15) is 10.1 Å². The molecule has 0 radical (unpaired) electrons. The van der Waals surface area contributed by atoms with Crippen LogP contribution in [0.25, 0.3) is 0 Å². The molecular formula is C19H21N7O2S. The number of aromatic nitrogens is 1. The van der Waals surface area contributed by atoms with Crippen molar-refractivity contribution in [2.24, 2.45) is 21.5 Å². The summed E-state index contributed by atoms with van der Waals surface area (Å²) in [7, 11) is 0. The molecule has 4 rings (SSSR count). The van der Waals surface area contributed by atoms with Crippen LogP contribution in [0, 0.1) is 10.1 Å².